The van der Waals surface area contributed by atoms with Crippen molar-refractivity contribution in [1.29, 1.82) is 0 Å². The van der Waals surface area contributed by atoms with Crippen LogP contribution in [0.25, 0.3) is 0 Å². The van der Waals surface area contributed by atoms with Crippen LogP contribution >= 0.6 is 11.3 Å². The summed E-state index contributed by atoms with van der Waals surface area (Å²) in [6.45, 7) is 4.99. The van der Waals surface area contributed by atoms with Crippen LogP contribution in [-0.2, 0) is 13.0 Å². The highest BCUT2D eigenvalue weighted by Gasteiger charge is 2.01. The molecule has 0 bridgehead atoms. The van der Waals surface area contributed by atoms with Crippen molar-refractivity contribution in [3.8, 4) is 0 Å². The number of hydrogen-bond acceptors (Lipinski definition) is 3. The normalized spacial score (nSPS) is 10.9. The van der Waals surface area contributed by atoms with E-state index in [-0.39, 0.29) is 0 Å². The van der Waals surface area contributed by atoms with Crippen LogP contribution < -0.4 is 5.73 Å². The first-order valence-corrected chi connectivity index (χ1v) is 4.67. The largest absolute Gasteiger partial charge is 0.325 e. The van der Waals surface area contributed by atoms with Gasteiger partial charge >= 0.3 is 0 Å². The van der Waals surface area contributed by atoms with Gasteiger partial charge < -0.3 is 5.73 Å². The molecule has 3 heteroatoms. The predicted octanol–water partition coefficient (Wildman–Crippen LogP) is 1.80. The highest BCUT2D eigenvalue weighted by molar-refractivity contribution is 7.11. The van der Waals surface area contributed by atoms with E-state index in [0.29, 0.717) is 12.5 Å². The van der Waals surface area contributed by atoms with Crippen LogP contribution in [0.1, 0.15) is 23.7 Å². The van der Waals surface area contributed by atoms with Gasteiger partial charge in [-0.15, -0.1) is 11.3 Å². The van der Waals surface area contributed by atoms with Gasteiger partial charge in [-0.1, -0.05) is 13.8 Å². The molecule has 1 rings (SSSR count). The summed E-state index contributed by atoms with van der Waals surface area (Å²) in [7, 11) is 0. The molecule has 62 valence electrons. The molecule has 0 aromatic carbocycles. The van der Waals surface area contributed by atoms with Gasteiger partial charge in [0.05, 0.1) is 0 Å². The smallest absolute Gasteiger partial charge is 0.106 e. The lowest BCUT2D eigenvalue weighted by Crippen LogP contribution is -1.93. The standard InChI is InChI=1S/C8H14N2S/c1-6(2)3-7-5-10-8(4-9)11-7/h5-6H,3-4,9H2,1-2H3. The van der Waals surface area contributed by atoms with Gasteiger partial charge in [-0.05, 0) is 12.3 Å². The van der Waals surface area contributed by atoms with Crippen molar-refractivity contribution in [3.63, 3.8) is 0 Å². The van der Waals surface area contributed by atoms with Crippen molar-refractivity contribution >= 4 is 11.3 Å². The van der Waals surface area contributed by atoms with E-state index in [9.17, 15) is 0 Å². The Morgan fingerprint density at radius 1 is 1.64 bits per heavy atom. The lowest BCUT2D eigenvalue weighted by molar-refractivity contribution is 0.653. The quantitative estimate of drug-likeness (QED) is 0.751. The first-order valence-electron chi connectivity index (χ1n) is 3.86. The zero-order valence-electron chi connectivity index (χ0n) is 7.00. The van der Waals surface area contributed by atoms with Gasteiger partial charge in [-0.2, -0.15) is 0 Å². The van der Waals surface area contributed by atoms with E-state index in [1.54, 1.807) is 11.3 Å². The molecule has 11 heavy (non-hydrogen) atoms. The summed E-state index contributed by atoms with van der Waals surface area (Å²) in [5.74, 6) is 0.709. The maximum absolute atomic E-state index is 5.44. The average Bonchev–Trinajstić information content (AvgIpc) is 2.34. The van der Waals surface area contributed by atoms with Gasteiger partial charge in [0, 0.05) is 17.6 Å². The van der Waals surface area contributed by atoms with Gasteiger partial charge in [0.25, 0.3) is 0 Å². The molecule has 0 aliphatic carbocycles. The van der Waals surface area contributed by atoms with Crippen molar-refractivity contribution in [1.82, 2.24) is 4.98 Å². The molecule has 0 aliphatic heterocycles. The molecule has 0 unspecified atom stereocenters. The lowest BCUT2D eigenvalue weighted by Gasteiger charge is -1.98. The maximum atomic E-state index is 5.44. The van der Waals surface area contributed by atoms with Crippen LogP contribution in [0.5, 0.6) is 0 Å². The molecule has 1 aromatic heterocycles. The minimum atomic E-state index is 0.572. The molecule has 0 spiro atoms. The molecule has 0 amide bonds. The Morgan fingerprint density at radius 3 is 2.82 bits per heavy atom. The molecule has 0 aliphatic rings. The van der Waals surface area contributed by atoms with E-state index in [1.807, 2.05) is 6.20 Å². The number of nitrogens with zero attached hydrogens (tertiary/aromatic N) is 1. The third kappa shape index (κ3) is 2.60. The minimum Gasteiger partial charge on any atom is -0.325 e. The minimum absolute atomic E-state index is 0.572. The number of hydrogen-bond donors (Lipinski definition) is 1. The van der Waals surface area contributed by atoms with E-state index < -0.39 is 0 Å². The van der Waals surface area contributed by atoms with Gasteiger partial charge in [0.1, 0.15) is 5.01 Å². The predicted molar refractivity (Wildman–Crippen MR) is 48.5 cm³/mol. The van der Waals surface area contributed by atoms with E-state index in [2.05, 4.69) is 18.8 Å². The second kappa shape index (κ2) is 3.83. The van der Waals surface area contributed by atoms with Crippen molar-refractivity contribution < 1.29 is 0 Å². The zero-order chi connectivity index (χ0) is 8.27. The summed E-state index contributed by atoms with van der Waals surface area (Å²) in [6.07, 6.45) is 3.06. The van der Waals surface area contributed by atoms with E-state index in [0.717, 1.165) is 11.4 Å². The Morgan fingerprint density at radius 2 is 2.36 bits per heavy atom. The molecular formula is C8H14N2S. The Hall–Kier alpha value is -0.410. The Kier molecular flexibility index (Phi) is 3.02. The fourth-order valence-electron chi connectivity index (χ4n) is 0.939. The van der Waals surface area contributed by atoms with Crippen molar-refractivity contribution in [2.24, 2.45) is 11.7 Å². The van der Waals surface area contributed by atoms with Gasteiger partial charge in [0.15, 0.2) is 0 Å². The molecule has 2 nitrogen and oxygen atoms in total. The number of thiazole rings is 1. The van der Waals surface area contributed by atoms with Crippen molar-refractivity contribution in [3.05, 3.63) is 16.1 Å². The van der Waals surface area contributed by atoms with Crippen LogP contribution in [0.2, 0.25) is 0 Å². The molecular weight excluding hydrogens is 156 g/mol. The van der Waals surface area contributed by atoms with Crippen LogP contribution in [0.4, 0.5) is 0 Å². The zero-order valence-corrected chi connectivity index (χ0v) is 7.82. The van der Waals surface area contributed by atoms with Crippen LogP contribution in [0.3, 0.4) is 0 Å². The van der Waals surface area contributed by atoms with Gasteiger partial charge in [0.2, 0.25) is 0 Å². The third-order valence-electron chi connectivity index (χ3n) is 1.39. The summed E-state index contributed by atoms with van der Waals surface area (Å²) >= 11 is 1.73. The van der Waals surface area contributed by atoms with Crippen LogP contribution in [0.15, 0.2) is 6.20 Å². The second-order valence-corrected chi connectivity index (χ2v) is 4.22. The second-order valence-electron chi connectivity index (χ2n) is 3.02. The molecule has 2 N–H and O–H groups in total. The monoisotopic (exact) mass is 170 g/mol. The summed E-state index contributed by atoms with van der Waals surface area (Å²) in [5, 5.41) is 1.04. The summed E-state index contributed by atoms with van der Waals surface area (Å²) in [5.41, 5.74) is 5.44. The third-order valence-corrected chi connectivity index (χ3v) is 2.43. The highest BCUT2D eigenvalue weighted by Crippen LogP contribution is 2.15. The van der Waals surface area contributed by atoms with E-state index in [1.165, 1.54) is 4.88 Å². The fourth-order valence-corrected chi connectivity index (χ4v) is 1.95. The van der Waals surface area contributed by atoms with Crippen molar-refractivity contribution in [2.45, 2.75) is 26.8 Å². The van der Waals surface area contributed by atoms with Gasteiger partial charge in [-0.25, -0.2) is 4.98 Å². The first kappa shape index (κ1) is 8.68. The van der Waals surface area contributed by atoms with Gasteiger partial charge in [-0.3, -0.25) is 0 Å². The molecule has 0 saturated carbocycles. The van der Waals surface area contributed by atoms with Crippen LogP contribution in [0, 0.1) is 5.92 Å². The number of nitrogens with two attached hydrogens (primary N) is 1. The number of rotatable bonds is 3. The molecule has 0 radical (unpaired) electrons. The molecule has 1 heterocycles. The summed E-state index contributed by atoms with van der Waals surface area (Å²) < 4.78 is 0. The van der Waals surface area contributed by atoms with E-state index in [4.69, 9.17) is 5.73 Å². The molecule has 0 atom stereocenters. The maximum Gasteiger partial charge on any atom is 0.106 e. The Labute approximate surface area is 71.5 Å². The fraction of sp³-hybridized carbons (Fsp3) is 0.625. The average molecular weight is 170 g/mol. The number of aromatic nitrogens is 1. The Balaban J connectivity index is 2.58. The van der Waals surface area contributed by atoms with Crippen LogP contribution in [-0.4, -0.2) is 4.98 Å². The lowest BCUT2D eigenvalue weighted by atomic mass is 10.1. The highest BCUT2D eigenvalue weighted by atomic mass is 32.1. The molecule has 0 fully saturated rings. The van der Waals surface area contributed by atoms with E-state index >= 15 is 0 Å². The molecule has 0 saturated heterocycles. The SMILES string of the molecule is CC(C)Cc1cnc(CN)s1. The Bertz CT molecular complexity index is 218. The van der Waals surface area contributed by atoms with Crippen molar-refractivity contribution in [2.75, 3.05) is 0 Å². The molecule has 1 aromatic rings. The first-order chi connectivity index (χ1) is 5.22. The topological polar surface area (TPSA) is 38.9 Å². The summed E-state index contributed by atoms with van der Waals surface area (Å²) in [4.78, 5) is 5.53. The summed E-state index contributed by atoms with van der Waals surface area (Å²) in [6, 6.07) is 0.